The lowest BCUT2D eigenvalue weighted by atomic mass is 10.4. The van der Waals surface area contributed by atoms with Crippen molar-refractivity contribution < 1.29 is 0 Å². The van der Waals surface area contributed by atoms with E-state index in [1.807, 2.05) is 17.8 Å². The number of anilines is 2. The molecule has 0 fully saturated rings. The molecule has 0 aliphatic rings. The van der Waals surface area contributed by atoms with E-state index in [4.69, 9.17) is 0 Å². The maximum absolute atomic E-state index is 4.18. The Morgan fingerprint density at radius 3 is 2.62 bits per heavy atom. The second-order valence-corrected chi connectivity index (χ2v) is 4.92. The maximum Gasteiger partial charge on any atom is 0.131 e. The Hall–Kier alpha value is -0.970. The minimum absolute atomic E-state index is 0.585. The van der Waals surface area contributed by atoms with E-state index in [-0.39, 0.29) is 0 Å². The smallest absolute Gasteiger partial charge is 0.131 e. The molecule has 0 aliphatic heterocycles. The van der Waals surface area contributed by atoms with Crippen molar-refractivity contribution in [2.24, 2.45) is 0 Å². The van der Waals surface area contributed by atoms with E-state index in [9.17, 15) is 0 Å². The van der Waals surface area contributed by atoms with Gasteiger partial charge in [-0.15, -0.1) is 0 Å². The van der Waals surface area contributed by atoms with E-state index in [1.54, 1.807) is 6.33 Å². The number of aromatic nitrogens is 2. The molecule has 0 saturated carbocycles. The summed E-state index contributed by atoms with van der Waals surface area (Å²) in [6, 6.07) is 1.95. The highest BCUT2D eigenvalue weighted by Gasteiger charge is 2.01. The van der Waals surface area contributed by atoms with Crippen molar-refractivity contribution in [2.75, 3.05) is 30.0 Å². The SMILES string of the molecule is CCCNc1cc(NCC(C)SC)ncn1. The van der Waals surface area contributed by atoms with Gasteiger partial charge in [0.15, 0.2) is 0 Å². The van der Waals surface area contributed by atoms with Crippen LogP contribution in [0.4, 0.5) is 11.6 Å². The topological polar surface area (TPSA) is 49.8 Å². The van der Waals surface area contributed by atoms with E-state index in [2.05, 4.69) is 40.7 Å². The minimum atomic E-state index is 0.585. The Morgan fingerprint density at radius 1 is 1.31 bits per heavy atom. The monoisotopic (exact) mass is 240 g/mol. The molecular formula is C11H20N4S. The molecule has 1 rings (SSSR count). The van der Waals surface area contributed by atoms with Crippen molar-refractivity contribution in [3.63, 3.8) is 0 Å². The van der Waals surface area contributed by atoms with Crippen LogP contribution in [0.2, 0.25) is 0 Å². The van der Waals surface area contributed by atoms with E-state index in [0.29, 0.717) is 5.25 Å². The molecule has 0 spiro atoms. The molecule has 1 atom stereocenters. The van der Waals surface area contributed by atoms with E-state index in [1.165, 1.54) is 0 Å². The molecule has 0 bridgehead atoms. The molecule has 0 amide bonds. The van der Waals surface area contributed by atoms with Crippen LogP contribution in [0.15, 0.2) is 12.4 Å². The Kier molecular flexibility index (Phi) is 6.00. The molecule has 90 valence electrons. The molecule has 0 saturated heterocycles. The van der Waals surface area contributed by atoms with Crippen molar-refractivity contribution in [2.45, 2.75) is 25.5 Å². The second kappa shape index (κ2) is 7.33. The Bertz CT molecular complexity index is 306. The molecule has 5 heteroatoms. The summed E-state index contributed by atoms with van der Waals surface area (Å²) >= 11 is 1.84. The Balaban J connectivity index is 2.46. The average Bonchev–Trinajstić information content (AvgIpc) is 2.34. The third-order valence-electron chi connectivity index (χ3n) is 2.20. The summed E-state index contributed by atoms with van der Waals surface area (Å²) in [5, 5.41) is 7.13. The van der Waals surface area contributed by atoms with Gasteiger partial charge in [0.2, 0.25) is 0 Å². The number of nitrogens with zero attached hydrogens (tertiary/aromatic N) is 2. The third-order valence-corrected chi connectivity index (χ3v) is 3.17. The molecule has 0 aliphatic carbocycles. The second-order valence-electron chi connectivity index (χ2n) is 3.64. The first-order valence-corrected chi connectivity index (χ1v) is 6.87. The van der Waals surface area contributed by atoms with Crippen molar-refractivity contribution in [3.8, 4) is 0 Å². The normalized spacial score (nSPS) is 12.2. The lowest BCUT2D eigenvalue weighted by Gasteiger charge is -2.11. The molecule has 2 N–H and O–H groups in total. The predicted molar refractivity (Wildman–Crippen MR) is 72.3 cm³/mol. The van der Waals surface area contributed by atoms with Gasteiger partial charge in [0.25, 0.3) is 0 Å². The fourth-order valence-corrected chi connectivity index (χ4v) is 1.39. The van der Waals surface area contributed by atoms with Crippen LogP contribution < -0.4 is 10.6 Å². The van der Waals surface area contributed by atoms with Gasteiger partial charge in [0.05, 0.1) is 0 Å². The van der Waals surface area contributed by atoms with Gasteiger partial charge in [-0.1, -0.05) is 13.8 Å². The highest BCUT2D eigenvalue weighted by Crippen LogP contribution is 2.10. The summed E-state index contributed by atoms with van der Waals surface area (Å²) in [5.74, 6) is 1.77. The molecule has 1 aromatic rings. The van der Waals surface area contributed by atoms with Gasteiger partial charge >= 0.3 is 0 Å². The number of rotatable bonds is 7. The fourth-order valence-electron chi connectivity index (χ4n) is 1.14. The van der Waals surface area contributed by atoms with Gasteiger partial charge in [0.1, 0.15) is 18.0 Å². The van der Waals surface area contributed by atoms with Crippen molar-refractivity contribution in [1.29, 1.82) is 0 Å². The molecule has 1 unspecified atom stereocenters. The average molecular weight is 240 g/mol. The van der Waals surface area contributed by atoms with Gasteiger partial charge in [0, 0.05) is 24.4 Å². The van der Waals surface area contributed by atoms with Crippen LogP contribution in [0.5, 0.6) is 0 Å². The Labute approximate surface area is 102 Å². The molecule has 0 aromatic carbocycles. The largest absolute Gasteiger partial charge is 0.370 e. The summed E-state index contributed by atoms with van der Waals surface area (Å²) in [5.41, 5.74) is 0. The summed E-state index contributed by atoms with van der Waals surface area (Å²) in [7, 11) is 0. The summed E-state index contributed by atoms with van der Waals surface area (Å²) in [4.78, 5) is 8.34. The molecule has 1 aromatic heterocycles. The van der Waals surface area contributed by atoms with Crippen LogP contribution in [-0.2, 0) is 0 Å². The standard InChI is InChI=1S/C11H20N4S/c1-4-5-12-10-6-11(15-8-14-10)13-7-9(2)16-3/h6,8-9H,4-5,7H2,1-3H3,(H2,12,13,14,15). The van der Waals surface area contributed by atoms with Crippen molar-refractivity contribution in [3.05, 3.63) is 12.4 Å². The zero-order valence-corrected chi connectivity index (χ0v) is 11.0. The van der Waals surface area contributed by atoms with E-state index in [0.717, 1.165) is 31.1 Å². The summed E-state index contributed by atoms with van der Waals surface area (Å²) in [6.45, 7) is 6.19. The number of thioether (sulfide) groups is 1. The van der Waals surface area contributed by atoms with Gasteiger partial charge < -0.3 is 10.6 Å². The first kappa shape index (κ1) is 13.1. The Morgan fingerprint density at radius 2 is 2.00 bits per heavy atom. The summed E-state index contributed by atoms with van der Waals surface area (Å²) in [6.07, 6.45) is 4.79. The fraction of sp³-hybridized carbons (Fsp3) is 0.636. The van der Waals surface area contributed by atoms with Gasteiger partial charge in [-0.2, -0.15) is 11.8 Å². The molecule has 1 heterocycles. The third kappa shape index (κ3) is 4.70. The predicted octanol–water partition coefficient (Wildman–Crippen LogP) is 2.46. The lowest BCUT2D eigenvalue weighted by Crippen LogP contribution is -2.14. The number of nitrogens with one attached hydrogen (secondary N) is 2. The molecule has 16 heavy (non-hydrogen) atoms. The van der Waals surface area contributed by atoms with Crippen LogP contribution in [0, 0.1) is 0 Å². The highest BCUT2D eigenvalue weighted by molar-refractivity contribution is 7.99. The van der Waals surface area contributed by atoms with Gasteiger partial charge in [-0.3, -0.25) is 0 Å². The first-order chi connectivity index (χ1) is 7.76. The maximum atomic E-state index is 4.18. The number of hydrogen-bond donors (Lipinski definition) is 2. The minimum Gasteiger partial charge on any atom is -0.370 e. The van der Waals surface area contributed by atoms with Crippen LogP contribution in [-0.4, -0.2) is 34.6 Å². The van der Waals surface area contributed by atoms with Crippen LogP contribution in [0.25, 0.3) is 0 Å². The summed E-state index contributed by atoms with van der Waals surface area (Å²) < 4.78 is 0. The quantitative estimate of drug-likeness (QED) is 0.766. The van der Waals surface area contributed by atoms with Gasteiger partial charge in [-0.05, 0) is 12.7 Å². The molecular weight excluding hydrogens is 220 g/mol. The number of hydrogen-bond acceptors (Lipinski definition) is 5. The van der Waals surface area contributed by atoms with Crippen LogP contribution >= 0.6 is 11.8 Å². The molecule has 4 nitrogen and oxygen atoms in total. The van der Waals surface area contributed by atoms with Gasteiger partial charge in [-0.25, -0.2) is 9.97 Å². The van der Waals surface area contributed by atoms with Crippen molar-refractivity contribution >= 4 is 23.4 Å². The van der Waals surface area contributed by atoms with Crippen LogP contribution in [0.3, 0.4) is 0 Å². The molecule has 0 radical (unpaired) electrons. The van der Waals surface area contributed by atoms with Crippen LogP contribution in [0.1, 0.15) is 20.3 Å². The van der Waals surface area contributed by atoms with Crippen molar-refractivity contribution in [1.82, 2.24) is 9.97 Å². The van der Waals surface area contributed by atoms with E-state index >= 15 is 0 Å². The zero-order valence-electron chi connectivity index (χ0n) is 10.2. The van der Waals surface area contributed by atoms with E-state index < -0.39 is 0 Å². The highest BCUT2D eigenvalue weighted by atomic mass is 32.2. The lowest BCUT2D eigenvalue weighted by molar-refractivity contribution is 0.958. The zero-order chi connectivity index (χ0) is 11.8. The first-order valence-electron chi connectivity index (χ1n) is 5.58.